The van der Waals surface area contributed by atoms with Gasteiger partial charge in [0.1, 0.15) is 5.75 Å². The third-order valence-electron chi connectivity index (χ3n) is 4.59. The number of nitrogens with one attached hydrogen (secondary N) is 1. The zero-order valence-electron chi connectivity index (χ0n) is 16.1. The number of aromatic nitrogens is 3. The van der Waals surface area contributed by atoms with Gasteiger partial charge in [-0.25, -0.2) is 4.98 Å². The van der Waals surface area contributed by atoms with Gasteiger partial charge in [-0.1, -0.05) is 30.8 Å². The number of benzene rings is 2. The fourth-order valence-electron chi connectivity index (χ4n) is 3.00. The molecule has 2 N–H and O–H groups in total. The lowest BCUT2D eigenvalue weighted by atomic mass is 10.1. The average molecular weight is 404 g/mol. The van der Waals surface area contributed by atoms with Gasteiger partial charge in [0.15, 0.2) is 0 Å². The molecule has 6 nitrogen and oxygen atoms in total. The van der Waals surface area contributed by atoms with Crippen LogP contribution in [-0.2, 0) is 0 Å². The highest BCUT2D eigenvalue weighted by Crippen LogP contribution is 2.29. The van der Waals surface area contributed by atoms with Crippen LogP contribution in [0.25, 0.3) is 29.0 Å². The Bertz CT molecular complexity index is 1330. The molecule has 0 fully saturated rings. The van der Waals surface area contributed by atoms with E-state index in [2.05, 4.69) is 16.7 Å². The van der Waals surface area contributed by atoms with Crippen LogP contribution >= 0.6 is 11.3 Å². The Morgan fingerprint density at radius 2 is 1.90 bits per heavy atom. The summed E-state index contributed by atoms with van der Waals surface area (Å²) >= 11 is 1.32. The molecule has 4 aromatic rings. The Morgan fingerprint density at radius 1 is 1.17 bits per heavy atom. The number of phenols is 1. The summed E-state index contributed by atoms with van der Waals surface area (Å²) in [6.07, 6.45) is 1.81. The summed E-state index contributed by atoms with van der Waals surface area (Å²) in [6, 6.07) is 14.9. The summed E-state index contributed by atoms with van der Waals surface area (Å²) in [5.74, 6) is 0.149. The van der Waals surface area contributed by atoms with Crippen LogP contribution in [0.3, 0.4) is 0 Å². The van der Waals surface area contributed by atoms with Crippen molar-refractivity contribution in [2.24, 2.45) is 0 Å². The van der Waals surface area contributed by atoms with Crippen molar-refractivity contribution in [3.05, 3.63) is 80.4 Å². The maximum Gasteiger partial charge on any atom is 0.281 e. The van der Waals surface area contributed by atoms with Crippen LogP contribution in [0.5, 0.6) is 5.75 Å². The fourth-order valence-corrected chi connectivity index (χ4v) is 3.78. The van der Waals surface area contributed by atoms with E-state index in [-0.39, 0.29) is 11.3 Å². The number of rotatable bonds is 4. The van der Waals surface area contributed by atoms with Gasteiger partial charge in [-0.15, -0.1) is 11.3 Å². The Labute approximate surface area is 171 Å². The van der Waals surface area contributed by atoms with Gasteiger partial charge < -0.3 is 10.0 Å². The van der Waals surface area contributed by atoms with Crippen LogP contribution in [0.4, 0.5) is 5.69 Å². The zero-order chi connectivity index (χ0) is 20.5. The van der Waals surface area contributed by atoms with Crippen molar-refractivity contribution >= 4 is 29.7 Å². The summed E-state index contributed by atoms with van der Waals surface area (Å²) in [5.41, 5.74) is 3.02. The summed E-state index contributed by atoms with van der Waals surface area (Å²) in [6.45, 7) is 3.97. The number of anilines is 1. The number of phenolic OH excluding ortho intramolecular Hbond substituents is 1. The number of para-hydroxylation sites is 1. The minimum absolute atomic E-state index is 0.149. The first-order valence-electron chi connectivity index (χ1n) is 8.97. The number of H-pyrrole nitrogens is 1. The molecule has 0 bridgehead atoms. The molecule has 0 spiro atoms. The van der Waals surface area contributed by atoms with Gasteiger partial charge in [0.2, 0.25) is 5.13 Å². The average Bonchev–Trinajstić information content (AvgIpc) is 3.29. The molecular formula is C22H20N4O2S. The molecule has 2 aromatic heterocycles. The summed E-state index contributed by atoms with van der Waals surface area (Å²) < 4.78 is 1.39. The lowest BCUT2D eigenvalue weighted by Gasteiger charge is -2.11. The van der Waals surface area contributed by atoms with E-state index in [1.54, 1.807) is 18.2 Å². The largest absolute Gasteiger partial charge is 0.507 e. The second-order valence-corrected chi connectivity index (χ2v) is 7.64. The predicted molar refractivity (Wildman–Crippen MR) is 118 cm³/mol. The standard InChI is InChI=1S/C22H20N4O2S/c1-14-18(12-15-8-10-16(11-9-15)25(2)3)21(28)26(24-14)22-23-19(13-29-22)17-6-4-5-7-20(17)27/h4-13,24,27H,1H2,2-3H3/b18-12-. The van der Waals surface area contributed by atoms with Crippen molar-refractivity contribution in [2.45, 2.75) is 0 Å². The minimum atomic E-state index is -0.218. The van der Waals surface area contributed by atoms with E-state index in [1.165, 1.54) is 16.0 Å². The smallest absolute Gasteiger partial charge is 0.281 e. The van der Waals surface area contributed by atoms with Crippen LogP contribution in [0.2, 0.25) is 0 Å². The first-order valence-corrected chi connectivity index (χ1v) is 9.85. The fraction of sp³-hybridized carbons (Fsp3) is 0.0909. The van der Waals surface area contributed by atoms with Crippen LogP contribution in [0.1, 0.15) is 5.56 Å². The van der Waals surface area contributed by atoms with Crippen molar-refractivity contribution in [3.8, 4) is 22.1 Å². The molecule has 2 aromatic carbocycles. The van der Waals surface area contributed by atoms with Gasteiger partial charge in [-0.05, 0) is 35.9 Å². The van der Waals surface area contributed by atoms with Gasteiger partial charge in [-0.3, -0.25) is 9.89 Å². The summed E-state index contributed by atoms with van der Waals surface area (Å²) in [7, 11) is 3.96. The maximum atomic E-state index is 13.0. The van der Waals surface area contributed by atoms with Crippen molar-refractivity contribution in [3.63, 3.8) is 0 Å². The van der Waals surface area contributed by atoms with E-state index in [0.717, 1.165) is 11.3 Å². The van der Waals surface area contributed by atoms with E-state index in [4.69, 9.17) is 0 Å². The highest BCUT2D eigenvalue weighted by Gasteiger charge is 2.12. The Kier molecular flexibility index (Phi) is 4.82. The monoisotopic (exact) mass is 404 g/mol. The third kappa shape index (κ3) is 3.60. The third-order valence-corrected chi connectivity index (χ3v) is 5.42. The number of hydrogen-bond acceptors (Lipinski definition) is 5. The van der Waals surface area contributed by atoms with Crippen LogP contribution in [0, 0.1) is 0 Å². The SMILES string of the molecule is C=c1[nH]n(-c2nc(-c3ccccc3O)cs2)c(=O)/c1=C\c1ccc(N(C)C)cc1. The lowest BCUT2D eigenvalue weighted by molar-refractivity contribution is 0.477. The number of aromatic hydroxyl groups is 1. The lowest BCUT2D eigenvalue weighted by Crippen LogP contribution is -2.33. The van der Waals surface area contributed by atoms with Crippen molar-refractivity contribution in [1.82, 2.24) is 14.8 Å². The molecular weight excluding hydrogens is 384 g/mol. The van der Waals surface area contributed by atoms with Crippen LogP contribution in [0.15, 0.2) is 58.7 Å². The van der Waals surface area contributed by atoms with Gasteiger partial charge in [0.25, 0.3) is 5.56 Å². The van der Waals surface area contributed by atoms with E-state index >= 15 is 0 Å². The van der Waals surface area contributed by atoms with E-state index in [0.29, 0.717) is 27.0 Å². The number of hydrogen-bond donors (Lipinski definition) is 2. The molecule has 0 amide bonds. The van der Waals surface area contributed by atoms with Gasteiger partial charge in [-0.2, -0.15) is 4.68 Å². The van der Waals surface area contributed by atoms with Crippen LogP contribution in [-0.4, -0.2) is 34.0 Å². The van der Waals surface area contributed by atoms with E-state index in [1.807, 2.05) is 60.8 Å². The molecule has 146 valence electrons. The normalized spacial score (nSPS) is 11.7. The first kappa shape index (κ1) is 18.8. The zero-order valence-corrected chi connectivity index (χ0v) is 16.9. The maximum absolute atomic E-state index is 13.0. The van der Waals surface area contributed by atoms with E-state index < -0.39 is 0 Å². The second kappa shape index (κ2) is 7.44. The summed E-state index contributed by atoms with van der Waals surface area (Å²) in [4.78, 5) is 19.5. The molecule has 0 aliphatic rings. The van der Waals surface area contributed by atoms with Gasteiger partial charge in [0.05, 0.1) is 16.3 Å². The first-order chi connectivity index (χ1) is 13.9. The second-order valence-electron chi connectivity index (χ2n) is 6.81. The highest BCUT2D eigenvalue weighted by atomic mass is 32.1. The molecule has 0 aliphatic carbocycles. The van der Waals surface area contributed by atoms with Crippen molar-refractivity contribution in [1.29, 1.82) is 0 Å². The molecule has 0 unspecified atom stereocenters. The number of aromatic amines is 1. The van der Waals surface area contributed by atoms with Crippen LogP contribution < -0.4 is 21.0 Å². The molecule has 0 saturated heterocycles. The molecule has 7 heteroatoms. The number of nitrogens with zero attached hydrogens (tertiary/aromatic N) is 3. The Balaban J connectivity index is 1.74. The van der Waals surface area contributed by atoms with Gasteiger partial charge in [0, 0.05) is 30.7 Å². The number of thiazole rings is 1. The molecule has 0 aliphatic heterocycles. The molecule has 0 radical (unpaired) electrons. The minimum Gasteiger partial charge on any atom is -0.507 e. The summed E-state index contributed by atoms with van der Waals surface area (Å²) in [5, 5.41) is 16.3. The Hall–Kier alpha value is -3.58. The Morgan fingerprint density at radius 3 is 2.59 bits per heavy atom. The topological polar surface area (TPSA) is 74.1 Å². The van der Waals surface area contributed by atoms with Crippen molar-refractivity contribution in [2.75, 3.05) is 19.0 Å². The van der Waals surface area contributed by atoms with Gasteiger partial charge >= 0.3 is 0 Å². The predicted octanol–water partition coefficient (Wildman–Crippen LogP) is 2.30. The molecule has 2 heterocycles. The van der Waals surface area contributed by atoms with Crippen molar-refractivity contribution < 1.29 is 5.11 Å². The molecule has 0 atom stereocenters. The van der Waals surface area contributed by atoms with E-state index in [9.17, 15) is 9.90 Å². The molecule has 4 rings (SSSR count). The quantitative estimate of drug-likeness (QED) is 0.547. The molecule has 29 heavy (non-hydrogen) atoms. The molecule has 0 saturated carbocycles. The highest BCUT2D eigenvalue weighted by molar-refractivity contribution is 7.12.